The molecule has 8 heteroatoms. The maximum atomic E-state index is 11.7. The van der Waals surface area contributed by atoms with Crippen molar-refractivity contribution in [2.45, 2.75) is 38.4 Å². The topological polar surface area (TPSA) is 75.6 Å². The van der Waals surface area contributed by atoms with Crippen molar-refractivity contribution >= 4 is 11.9 Å². The van der Waals surface area contributed by atoms with E-state index in [-0.39, 0.29) is 6.42 Å². The molecule has 0 rings (SSSR count). The van der Waals surface area contributed by atoms with Gasteiger partial charge in [0, 0.05) is 0 Å². The van der Waals surface area contributed by atoms with E-state index >= 15 is 0 Å². The van der Waals surface area contributed by atoms with Crippen LogP contribution in [0.25, 0.3) is 0 Å². The minimum atomic E-state index is -4.51. The first-order valence-corrected chi connectivity index (χ1v) is 5.43. The van der Waals surface area contributed by atoms with Crippen molar-refractivity contribution in [1.82, 2.24) is 5.32 Å². The molecule has 0 saturated heterocycles. The molecule has 5 nitrogen and oxygen atoms in total. The largest absolute Gasteiger partial charge is 0.480 e. The third-order valence-electron chi connectivity index (χ3n) is 1.98. The quantitative estimate of drug-likeness (QED) is 0.698. The lowest BCUT2D eigenvalue weighted by Gasteiger charge is -2.14. The Balaban J connectivity index is 3.99. The summed E-state index contributed by atoms with van der Waals surface area (Å²) in [6.07, 6.45) is -2.92. The molecule has 2 N–H and O–H groups in total. The second-order valence-electron chi connectivity index (χ2n) is 3.71. The fraction of sp³-hybridized carbons (Fsp3) is 0.800. The predicted octanol–water partition coefficient (Wildman–Crippen LogP) is 1.32. The van der Waals surface area contributed by atoms with Gasteiger partial charge in [0.05, 0.1) is 0 Å². The van der Waals surface area contributed by atoms with Crippen molar-refractivity contribution in [2.24, 2.45) is 0 Å². The zero-order valence-electron chi connectivity index (χ0n) is 9.92. The maximum absolute atomic E-state index is 11.7. The summed E-state index contributed by atoms with van der Waals surface area (Å²) in [7, 11) is 0. The summed E-state index contributed by atoms with van der Waals surface area (Å²) < 4.78 is 39.3. The zero-order chi connectivity index (χ0) is 14.2. The van der Waals surface area contributed by atoms with Crippen molar-refractivity contribution in [3.63, 3.8) is 0 Å². The number of alkyl halides is 3. The standard InChI is InChI=1S/C10H16F3NO4/c1-2-3-4-7(9(16)17)14-8(15)5-18-6-10(11,12)13/h7H,2-6H2,1H3,(H,14,15)(H,16,17)/t7-/m0/s1. The lowest BCUT2D eigenvalue weighted by atomic mass is 10.1. The average Bonchev–Trinajstić information content (AvgIpc) is 2.21. The number of hydrogen-bond donors (Lipinski definition) is 2. The molecule has 106 valence electrons. The fourth-order valence-corrected chi connectivity index (χ4v) is 1.16. The molecule has 0 aromatic rings. The van der Waals surface area contributed by atoms with Gasteiger partial charge in [-0.05, 0) is 6.42 Å². The van der Waals surface area contributed by atoms with Gasteiger partial charge in [0.25, 0.3) is 0 Å². The Morgan fingerprint density at radius 1 is 1.39 bits per heavy atom. The minimum absolute atomic E-state index is 0.233. The predicted molar refractivity (Wildman–Crippen MR) is 56.0 cm³/mol. The highest BCUT2D eigenvalue weighted by Gasteiger charge is 2.28. The highest BCUT2D eigenvalue weighted by molar-refractivity contribution is 5.84. The fourth-order valence-electron chi connectivity index (χ4n) is 1.16. The van der Waals surface area contributed by atoms with Crippen molar-refractivity contribution in [1.29, 1.82) is 0 Å². The Labute approximate surface area is 102 Å². The van der Waals surface area contributed by atoms with Crippen LogP contribution in [-0.4, -0.2) is 42.4 Å². The Kier molecular flexibility index (Phi) is 7.33. The molecule has 0 aliphatic carbocycles. The number of rotatable bonds is 8. The summed E-state index contributed by atoms with van der Waals surface area (Å²) in [6.45, 7) is -0.490. The Morgan fingerprint density at radius 2 is 2.00 bits per heavy atom. The summed E-state index contributed by atoms with van der Waals surface area (Å²) >= 11 is 0. The molecule has 0 heterocycles. The number of ether oxygens (including phenoxy) is 1. The van der Waals surface area contributed by atoms with Gasteiger partial charge in [0.1, 0.15) is 19.3 Å². The molecule has 1 amide bonds. The number of carboxylic acids is 1. The normalized spacial score (nSPS) is 13.1. The van der Waals surface area contributed by atoms with Gasteiger partial charge in [-0.2, -0.15) is 13.2 Å². The van der Waals surface area contributed by atoms with Crippen molar-refractivity contribution < 1.29 is 32.6 Å². The van der Waals surface area contributed by atoms with E-state index in [0.29, 0.717) is 6.42 Å². The number of hydrogen-bond acceptors (Lipinski definition) is 3. The van der Waals surface area contributed by atoms with Gasteiger partial charge in [-0.3, -0.25) is 4.79 Å². The Bertz CT molecular complexity index is 281. The molecule has 0 aliphatic rings. The number of carboxylic acid groups (broad SMARTS) is 1. The second kappa shape index (κ2) is 7.91. The first-order valence-electron chi connectivity index (χ1n) is 5.43. The maximum Gasteiger partial charge on any atom is 0.411 e. The monoisotopic (exact) mass is 271 g/mol. The summed E-state index contributed by atoms with van der Waals surface area (Å²) in [5.41, 5.74) is 0. The van der Waals surface area contributed by atoms with Crippen LogP contribution in [0, 0.1) is 0 Å². The van der Waals surface area contributed by atoms with E-state index in [1.165, 1.54) is 0 Å². The molecule has 0 saturated carbocycles. The van der Waals surface area contributed by atoms with E-state index in [9.17, 15) is 22.8 Å². The molecule has 0 fully saturated rings. The molecule has 0 spiro atoms. The minimum Gasteiger partial charge on any atom is -0.480 e. The lowest BCUT2D eigenvalue weighted by molar-refractivity contribution is -0.176. The van der Waals surface area contributed by atoms with E-state index in [1.54, 1.807) is 0 Å². The van der Waals surface area contributed by atoms with Gasteiger partial charge < -0.3 is 15.2 Å². The van der Waals surface area contributed by atoms with Crippen LogP contribution in [0.5, 0.6) is 0 Å². The molecule has 0 unspecified atom stereocenters. The Hall–Kier alpha value is -1.31. The highest BCUT2D eigenvalue weighted by atomic mass is 19.4. The van der Waals surface area contributed by atoms with E-state index in [1.807, 2.05) is 6.92 Å². The van der Waals surface area contributed by atoms with Crippen molar-refractivity contribution in [3.05, 3.63) is 0 Å². The van der Waals surface area contributed by atoms with E-state index in [2.05, 4.69) is 10.1 Å². The number of carbonyl (C=O) groups is 2. The van der Waals surface area contributed by atoms with Gasteiger partial charge >= 0.3 is 12.1 Å². The van der Waals surface area contributed by atoms with Gasteiger partial charge in [-0.1, -0.05) is 19.8 Å². The number of halogens is 3. The lowest BCUT2D eigenvalue weighted by Crippen LogP contribution is -2.42. The SMILES string of the molecule is CCCC[C@H](NC(=O)COCC(F)(F)F)C(=O)O. The molecule has 0 aromatic carbocycles. The second-order valence-corrected chi connectivity index (χ2v) is 3.71. The van der Waals surface area contributed by atoms with E-state index in [0.717, 1.165) is 6.42 Å². The number of carbonyl (C=O) groups excluding carboxylic acids is 1. The van der Waals surface area contributed by atoms with Gasteiger partial charge in [-0.15, -0.1) is 0 Å². The number of nitrogens with one attached hydrogen (secondary N) is 1. The summed E-state index contributed by atoms with van der Waals surface area (Å²) in [5, 5.41) is 10.9. The van der Waals surface area contributed by atoms with Crippen LogP contribution in [0.15, 0.2) is 0 Å². The summed E-state index contributed by atoms with van der Waals surface area (Å²) in [4.78, 5) is 21.9. The molecule has 18 heavy (non-hydrogen) atoms. The molecule has 1 atom stereocenters. The first kappa shape index (κ1) is 16.7. The van der Waals surface area contributed by atoms with Crippen molar-refractivity contribution in [3.8, 4) is 0 Å². The molecular weight excluding hydrogens is 255 g/mol. The van der Waals surface area contributed by atoms with Crippen LogP contribution in [0.3, 0.4) is 0 Å². The van der Waals surface area contributed by atoms with Crippen LogP contribution in [0.4, 0.5) is 13.2 Å². The van der Waals surface area contributed by atoms with Gasteiger partial charge in [0.2, 0.25) is 5.91 Å². The van der Waals surface area contributed by atoms with Gasteiger partial charge in [0.15, 0.2) is 0 Å². The smallest absolute Gasteiger partial charge is 0.411 e. The summed E-state index contributed by atoms with van der Waals surface area (Å²) in [6, 6.07) is -1.09. The first-order chi connectivity index (χ1) is 8.26. The summed E-state index contributed by atoms with van der Waals surface area (Å²) in [5.74, 6) is -2.09. The number of unbranched alkanes of at least 4 members (excludes halogenated alkanes) is 1. The van der Waals surface area contributed by atoms with Crippen molar-refractivity contribution in [2.75, 3.05) is 13.2 Å². The molecule has 0 aliphatic heterocycles. The van der Waals surface area contributed by atoms with Crippen LogP contribution in [0.1, 0.15) is 26.2 Å². The number of amides is 1. The average molecular weight is 271 g/mol. The number of aliphatic carboxylic acids is 1. The Morgan fingerprint density at radius 3 is 2.44 bits per heavy atom. The molecular formula is C10H16F3NO4. The zero-order valence-corrected chi connectivity index (χ0v) is 9.92. The highest BCUT2D eigenvalue weighted by Crippen LogP contribution is 2.14. The third-order valence-corrected chi connectivity index (χ3v) is 1.98. The van der Waals surface area contributed by atoms with Gasteiger partial charge in [-0.25, -0.2) is 4.79 Å². The van der Waals surface area contributed by atoms with Crippen LogP contribution in [-0.2, 0) is 14.3 Å². The molecule has 0 radical (unpaired) electrons. The van der Waals surface area contributed by atoms with E-state index < -0.39 is 37.3 Å². The van der Waals surface area contributed by atoms with Crippen LogP contribution in [0.2, 0.25) is 0 Å². The molecule has 0 bridgehead atoms. The van der Waals surface area contributed by atoms with E-state index in [4.69, 9.17) is 5.11 Å². The molecule has 0 aromatic heterocycles. The van der Waals surface area contributed by atoms with Crippen LogP contribution < -0.4 is 5.32 Å². The third kappa shape index (κ3) is 8.80. The van der Waals surface area contributed by atoms with Crippen LogP contribution >= 0.6 is 0 Å².